The molecule has 0 fully saturated rings. The Hall–Kier alpha value is -3.38. The first-order chi connectivity index (χ1) is 15.3. The highest BCUT2D eigenvalue weighted by Gasteiger charge is 2.50. The highest BCUT2D eigenvalue weighted by molar-refractivity contribution is 5.91. The van der Waals surface area contributed by atoms with Crippen molar-refractivity contribution < 1.29 is 0 Å². The molecule has 3 aromatic rings. The van der Waals surface area contributed by atoms with E-state index in [1.807, 2.05) is 0 Å². The molecule has 0 heteroatoms. The van der Waals surface area contributed by atoms with Crippen molar-refractivity contribution in [2.24, 2.45) is 5.92 Å². The molecule has 0 saturated heterocycles. The highest BCUT2D eigenvalue weighted by Crippen LogP contribution is 2.60. The summed E-state index contributed by atoms with van der Waals surface area (Å²) in [4.78, 5) is 0. The van der Waals surface area contributed by atoms with Crippen LogP contribution in [-0.4, -0.2) is 0 Å². The molecule has 3 aromatic carbocycles. The van der Waals surface area contributed by atoms with Crippen molar-refractivity contribution in [3.8, 4) is 22.3 Å². The monoisotopic (exact) mass is 400 g/mol. The van der Waals surface area contributed by atoms with Crippen LogP contribution < -0.4 is 0 Å². The van der Waals surface area contributed by atoms with Crippen molar-refractivity contribution in [2.45, 2.75) is 25.7 Å². The van der Waals surface area contributed by atoms with Crippen molar-refractivity contribution in [1.82, 2.24) is 0 Å². The second-order valence-corrected chi connectivity index (χ2v) is 8.35. The number of allylic oxidation sites excluding steroid dienone is 8. The summed E-state index contributed by atoms with van der Waals surface area (Å²) in [6, 6.07) is 26.7. The predicted octanol–water partition coefficient (Wildman–Crippen LogP) is 8.27. The molecule has 2 aliphatic rings. The van der Waals surface area contributed by atoms with E-state index in [0.29, 0.717) is 5.92 Å². The van der Waals surface area contributed by atoms with Gasteiger partial charge in [-0.2, -0.15) is 0 Å². The third kappa shape index (κ3) is 2.90. The Labute approximate surface area is 186 Å². The molecule has 0 saturated carbocycles. The van der Waals surface area contributed by atoms with Gasteiger partial charge in [0.15, 0.2) is 0 Å². The molecule has 0 spiro atoms. The second-order valence-electron chi connectivity index (χ2n) is 8.35. The topological polar surface area (TPSA) is 0 Å². The summed E-state index contributed by atoms with van der Waals surface area (Å²) >= 11 is 0. The minimum atomic E-state index is -0.221. The molecule has 0 aliphatic heterocycles. The average molecular weight is 401 g/mol. The molecule has 0 aromatic heterocycles. The Balaban J connectivity index is 1.94. The maximum absolute atomic E-state index is 2.42. The van der Waals surface area contributed by atoms with E-state index in [1.54, 1.807) is 0 Å². The van der Waals surface area contributed by atoms with Gasteiger partial charge in [-0.05, 0) is 65.1 Å². The fourth-order valence-electron chi connectivity index (χ4n) is 5.69. The van der Waals surface area contributed by atoms with Gasteiger partial charge in [0.25, 0.3) is 0 Å². The van der Waals surface area contributed by atoms with Crippen LogP contribution in [0.5, 0.6) is 0 Å². The Kier molecular flexibility index (Phi) is 5.08. The van der Waals surface area contributed by atoms with E-state index in [9.17, 15) is 0 Å². The summed E-state index contributed by atoms with van der Waals surface area (Å²) in [6.07, 6.45) is 17.0. The van der Waals surface area contributed by atoms with Gasteiger partial charge in [-0.15, -0.1) is 0 Å². The average Bonchev–Trinajstić information content (AvgIpc) is 3.15. The lowest BCUT2D eigenvalue weighted by Crippen LogP contribution is -2.36. The molecule has 0 heterocycles. The lowest BCUT2D eigenvalue weighted by atomic mass is 9.60. The number of hydrogen-bond acceptors (Lipinski definition) is 0. The predicted molar refractivity (Wildman–Crippen MR) is 133 cm³/mol. The fraction of sp³-hybridized carbons (Fsp3) is 0.161. The molecule has 0 bridgehead atoms. The Morgan fingerprint density at radius 2 is 1.55 bits per heavy atom. The standard InChI is InChI=1S/C31H28/c1-3-14-24(4-2)31(25-17-9-6-10-18-25)29-22-12-11-19-27(29)28-21-13-20-26(30(28)31)23-15-7-5-8-16-23/h3-17,19-22,25H,18H2,1-2H3/b14-3-,24-4+. The van der Waals surface area contributed by atoms with E-state index in [0.717, 1.165) is 6.42 Å². The minimum absolute atomic E-state index is 0.221. The second kappa shape index (κ2) is 8.04. The maximum Gasteiger partial charge on any atom is 0.0531 e. The first kappa shape index (κ1) is 19.6. The smallest absolute Gasteiger partial charge is 0.0531 e. The largest absolute Gasteiger partial charge is 0.0874 e. The van der Waals surface area contributed by atoms with E-state index < -0.39 is 0 Å². The van der Waals surface area contributed by atoms with Gasteiger partial charge in [0, 0.05) is 0 Å². The Morgan fingerprint density at radius 3 is 2.29 bits per heavy atom. The lowest BCUT2D eigenvalue weighted by Gasteiger charge is -2.41. The van der Waals surface area contributed by atoms with Crippen molar-refractivity contribution in [1.29, 1.82) is 0 Å². The summed E-state index contributed by atoms with van der Waals surface area (Å²) < 4.78 is 0. The van der Waals surface area contributed by atoms with Crippen LogP contribution >= 0.6 is 0 Å². The first-order valence-electron chi connectivity index (χ1n) is 11.2. The Morgan fingerprint density at radius 1 is 0.806 bits per heavy atom. The molecule has 0 N–H and O–H groups in total. The molecule has 2 atom stereocenters. The molecule has 2 unspecified atom stereocenters. The SMILES string of the molecule is C/C=C\C(=C/C)C1(C2C=CC=CC2)c2ccccc2-c2cccc(-c3ccccc3)c21. The zero-order valence-corrected chi connectivity index (χ0v) is 18.3. The molecular weight excluding hydrogens is 372 g/mol. The summed E-state index contributed by atoms with van der Waals surface area (Å²) in [7, 11) is 0. The molecule has 2 aliphatic carbocycles. The van der Waals surface area contributed by atoms with Gasteiger partial charge in [-0.3, -0.25) is 0 Å². The van der Waals surface area contributed by atoms with Crippen molar-refractivity contribution in [2.75, 3.05) is 0 Å². The van der Waals surface area contributed by atoms with Crippen LogP contribution in [-0.2, 0) is 5.41 Å². The van der Waals surface area contributed by atoms with Crippen molar-refractivity contribution in [3.05, 3.63) is 132 Å². The van der Waals surface area contributed by atoms with Crippen LogP contribution in [0, 0.1) is 5.92 Å². The van der Waals surface area contributed by atoms with Crippen LogP contribution in [0.25, 0.3) is 22.3 Å². The summed E-state index contributed by atoms with van der Waals surface area (Å²) in [5.41, 5.74) is 9.35. The Bertz CT molecular complexity index is 1220. The summed E-state index contributed by atoms with van der Waals surface area (Å²) in [5, 5.41) is 0. The zero-order chi connectivity index (χ0) is 21.3. The van der Waals surface area contributed by atoms with Crippen LogP contribution in [0.3, 0.4) is 0 Å². The van der Waals surface area contributed by atoms with Crippen LogP contribution in [0.4, 0.5) is 0 Å². The fourth-order valence-corrected chi connectivity index (χ4v) is 5.69. The first-order valence-corrected chi connectivity index (χ1v) is 11.2. The molecule has 31 heavy (non-hydrogen) atoms. The van der Waals surface area contributed by atoms with Crippen molar-refractivity contribution in [3.63, 3.8) is 0 Å². The maximum atomic E-state index is 2.42. The van der Waals surface area contributed by atoms with Crippen molar-refractivity contribution >= 4 is 0 Å². The molecule has 0 radical (unpaired) electrons. The highest BCUT2D eigenvalue weighted by atomic mass is 14.5. The van der Waals surface area contributed by atoms with Gasteiger partial charge in [0.05, 0.1) is 5.41 Å². The van der Waals surface area contributed by atoms with Crippen LogP contribution in [0.2, 0.25) is 0 Å². The van der Waals surface area contributed by atoms with E-state index in [4.69, 9.17) is 0 Å². The van der Waals surface area contributed by atoms with Gasteiger partial charge in [0.2, 0.25) is 0 Å². The van der Waals surface area contributed by atoms with Gasteiger partial charge >= 0.3 is 0 Å². The number of benzene rings is 3. The van der Waals surface area contributed by atoms with E-state index >= 15 is 0 Å². The number of hydrogen-bond donors (Lipinski definition) is 0. The van der Waals surface area contributed by atoms with Gasteiger partial charge in [0.1, 0.15) is 0 Å². The number of fused-ring (bicyclic) bond motifs is 3. The molecule has 152 valence electrons. The minimum Gasteiger partial charge on any atom is -0.0874 e. The van der Waals surface area contributed by atoms with Crippen LogP contribution in [0.15, 0.2) is 121 Å². The van der Waals surface area contributed by atoms with Gasteiger partial charge < -0.3 is 0 Å². The zero-order valence-electron chi connectivity index (χ0n) is 18.3. The molecule has 5 rings (SSSR count). The quantitative estimate of drug-likeness (QED) is 0.387. The molecular formula is C31H28. The third-order valence-corrected chi connectivity index (χ3v) is 6.84. The number of rotatable bonds is 4. The molecule has 0 nitrogen and oxygen atoms in total. The molecule has 0 amide bonds. The third-order valence-electron chi connectivity index (χ3n) is 6.84. The van der Waals surface area contributed by atoms with Gasteiger partial charge in [-0.25, -0.2) is 0 Å². The normalized spacial score (nSPS) is 22.0. The summed E-state index contributed by atoms with van der Waals surface area (Å²) in [5.74, 6) is 0.354. The van der Waals surface area contributed by atoms with E-state index in [1.165, 1.54) is 39.0 Å². The lowest BCUT2D eigenvalue weighted by molar-refractivity contribution is 0.457. The van der Waals surface area contributed by atoms with E-state index in [-0.39, 0.29) is 5.41 Å². The van der Waals surface area contributed by atoms with E-state index in [2.05, 4.69) is 129 Å². The van der Waals surface area contributed by atoms with Crippen LogP contribution in [0.1, 0.15) is 31.4 Å². The summed E-state index contributed by atoms with van der Waals surface area (Å²) in [6.45, 7) is 4.31. The van der Waals surface area contributed by atoms with Gasteiger partial charge in [-0.1, -0.05) is 115 Å².